The highest BCUT2D eigenvalue weighted by Crippen LogP contribution is 2.16. The van der Waals surface area contributed by atoms with Crippen molar-refractivity contribution >= 4 is 17.5 Å². The second-order valence-electron chi connectivity index (χ2n) is 5.32. The summed E-state index contributed by atoms with van der Waals surface area (Å²) in [6.07, 6.45) is 1.80. The molecule has 0 saturated heterocycles. The molecule has 0 aliphatic carbocycles. The number of nitrogens with zero attached hydrogens (tertiary/aromatic N) is 2. The van der Waals surface area contributed by atoms with Crippen LogP contribution in [0.3, 0.4) is 0 Å². The van der Waals surface area contributed by atoms with Crippen molar-refractivity contribution in [2.24, 2.45) is 5.84 Å². The van der Waals surface area contributed by atoms with Gasteiger partial charge in [-0.25, -0.2) is 15.8 Å². The second kappa shape index (κ2) is 6.33. The summed E-state index contributed by atoms with van der Waals surface area (Å²) in [6.45, 7) is 8.21. The SMILES string of the molecule is Cc1c(NN)ncnc1NCCC(=O)NC(C)(C)C. The number of anilines is 2. The molecule has 0 fully saturated rings. The van der Waals surface area contributed by atoms with Crippen molar-refractivity contribution in [2.45, 2.75) is 39.7 Å². The van der Waals surface area contributed by atoms with Crippen molar-refractivity contribution in [3.05, 3.63) is 11.9 Å². The smallest absolute Gasteiger partial charge is 0.222 e. The fraction of sp³-hybridized carbons (Fsp3) is 0.583. The third-order valence-electron chi connectivity index (χ3n) is 2.38. The average molecular weight is 266 g/mol. The summed E-state index contributed by atoms with van der Waals surface area (Å²) in [5.41, 5.74) is 3.11. The van der Waals surface area contributed by atoms with Crippen LogP contribution >= 0.6 is 0 Å². The van der Waals surface area contributed by atoms with Crippen LogP contribution in [0, 0.1) is 6.92 Å². The number of nitrogen functional groups attached to an aromatic ring is 1. The highest BCUT2D eigenvalue weighted by molar-refractivity contribution is 5.77. The van der Waals surface area contributed by atoms with Crippen LogP contribution in [0.5, 0.6) is 0 Å². The molecule has 7 nitrogen and oxygen atoms in total. The van der Waals surface area contributed by atoms with E-state index in [4.69, 9.17) is 5.84 Å². The minimum absolute atomic E-state index is 0.00359. The maximum atomic E-state index is 11.6. The van der Waals surface area contributed by atoms with E-state index in [2.05, 4.69) is 26.0 Å². The van der Waals surface area contributed by atoms with Crippen molar-refractivity contribution in [3.63, 3.8) is 0 Å². The maximum Gasteiger partial charge on any atom is 0.222 e. The van der Waals surface area contributed by atoms with Gasteiger partial charge in [-0.1, -0.05) is 0 Å². The third-order valence-corrected chi connectivity index (χ3v) is 2.38. The molecule has 0 radical (unpaired) electrons. The molecule has 1 aromatic heterocycles. The molecular formula is C12H22N6O. The van der Waals surface area contributed by atoms with Crippen molar-refractivity contribution in [1.82, 2.24) is 15.3 Å². The molecular weight excluding hydrogens is 244 g/mol. The van der Waals surface area contributed by atoms with E-state index in [1.54, 1.807) is 0 Å². The van der Waals surface area contributed by atoms with E-state index in [9.17, 15) is 4.79 Å². The van der Waals surface area contributed by atoms with Crippen LogP contribution < -0.4 is 21.9 Å². The molecule has 0 unspecified atom stereocenters. The first-order valence-corrected chi connectivity index (χ1v) is 6.16. The van der Waals surface area contributed by atoms with Gasteiger partial charge < -0.3 is 16.1 Å². The fourth-order valence-corrected chi connectivity index (χ4v) is 1.55. The Kier molecular flexibility index (Phi) is 5.05. The zero-order chi connectivity index (χ0) is 14.5. The Morgan fingerprint density at radius 3 is 2.53 bits per heavy atom. The Morgan fingerprint density at radius 2 is 1.95 bits per heavy atom. The first-order valence-electron chi connectivity index (χ1n) is 6.16. The molecule has 1 heterocycles. The minimum atomic E-state index is -0.210. The number of hydrogen-bond donors (Lipinski definition) is 4. The van der Waals surface area contributed by atoms with Crippen LogP contribution in [0.2, 0.25) is 0 Å². The molecule has 1 amide bonds. The van der Waals surface area contributed by atoms with Gasteiger partial charge in [0.2, 0.25) is 5.91 Å². The lowest BCUT2D eigenvalue weighted by atomic mass is 10.1. The Hall–Kier alpha value is -1.89. The molecule has 0 aliphatic rings. The Labute approximate surface area is 113 Å². The molecule has 1 rings (SSSR count). The van der Waals surface area contributed by atoms with Crippen molar-refractivity contribution in [1.29, 1.82) is 0 Å². The van der Waals surface area contributed by atoms with E-state index in [0.29, 0.717) is 24.6 Å². The number of nitrogens with one attached hydrogen (secondary N) is 3. The lowest BCUT2D eigenvalue weighted by Crippen LogP contribution is -2.41. The average Bonchev–Trinajstić information content (AvgIpc) is 2.29. The molecule has 0 atom stereocenters. The minimum Gasteiger partial charge on any atom is -0.369 e. The highest BCUT2D eigenvalue weighted by atomic mass is 16.1. The summed E-state index contributed by atoms with van der Waals surface area (Å²) >= 11 is 0. The van der Waals surface area contributed by atoms with Gasteiger partial charge in [0.1, 0.15) is 18.0 Å². The number of hydrogen-bond acceptors (Lipinski definition) is 6. The number of hydrazine groups is 1. The molecule has 0 bridgehead atoms. The predicted octanol–water partition coefficient (Wildman–Crippen LogP) is 0.787. The monoisotopic (exact) mass is 266 g/mol. The van der Waals surface area contributed by atoms with Gasteiger partial charge in [0.05, 0.1) is 0 Å². The highest BCUT2D eigenvalue weighted by Gasteiger charge is 2.13. The topological polar surface area (TPSA) is 105 Å². The van der Waals surface area contributed by atoms with Crippen LogP contribution in [-0.4, -0.2) is 28.0 Å². The zero-order valence-corrected chi connectivity index (χ0v) is 11.9. The van der Waals surface area contributed by atoms with Gasteiger partial charge in [0, 0.05) is 24.1 Å². The normalized spacial score (nSPS) is 11.0. The predicted molar refractivity (Wildman–Crippen MR) is 75.6 cm³/mol. The summed E-state index contributed by atoms with van der Waals surface area (Å²) < 4.78 is 0. The summed E-state index contributed by atoms with van der Waals surface area (Å²) in [7, 11) is 0. The summed E-state index contributed by atoms with van der Waals surface area (Å²) in [5.74, 6) is 6.58. The van der Waals surface area contributed by atoms with Gasteiger partial charge in [-0.15, -0.1) is 0 Å². The van der Waals surface area contributed by atoms with E-state index in [0.717, 1.165) is 5.56 Å². The first kappa shape index (κ1) is 15.2. The Morgan fingerprint density at radius 1 is 1.32 bits per heavy atom. The van der Waals surface area contributed by atoms with E-state index < -0.39 is 0 Å². The van der Waals surface area contributed by atoms with E-state index in [1.165, 1.54) is 6.33 Å². The molecule has 5 N–H and O–H groups in total. The molecule has 0 saturated carbocycles. The molecule has 0 aromatic carbocycles. The van der Waals surface area contributed by atoms with Crippen LogP contribution in [0.1, 0.15) is 32.8 Å². The van der Waals surface area contributed by atoms with E-state index in [-0.39, 0.29) is 11.4 Å². The number of carbonyl (C=O) groups is 1. The number of nitrogens with two attached hydrogens (primary N) is 1. The summed E-state index contributed by atoms with van der Waals surface area (Å²) in [6, 6.07) is 0. The molecule has 0 aliphatic heterocycles. The van der Waals surface area contributed by atoms with E-state index in [1.807, 2.05) is 27.7 Å². The number of rotatable bonds is 5. The Balaban J connectivity index is 2.48. The first-order chi connectivity index (χ1) is 8.83. The van der Waals surface area contributed by atoms with Gasteiger partial charge in [-0.2, -0.15) is 0 Å². The standard InChI is InChI=1S/C12H22N6O/c1-8-10(15-7-16-11(8)18-13)14-6-5-9(19)17-12(2,3)4/h7H,5-6,13H2,1-4H3,(H,17,19)(H2,14,15,16,18). The maximum absolute atomic E-state index is 11.6. The summed E-state index contributed by atoms with van der Waals surface area (Å²) in [5, 5.41) is 6.00. The van der Waals surface area contributed by atoms with Crippen molar-refractivity contribution in [2.75, 3.05) is 17.3 Å². The van der Waals surface area contributed by atoms with E-state index >= 15 is 0 Å². The third kappa shape index (κ3) is 5.09. The van der Waals surface area contributed by atoms with Crippen LogP contribution in [0.15, 0.2) is 6.33 Å². The quantitative estimate of drug-likeness (QED) is 0.464. The largest absolute Gasteiger partial charge is 0.369 e. The van der Waals surface area contributed by atoms with Gasteiger partial charge in [0.25, 0.3) is 0 Å². The summed E-state index contributed by atoms with van der Waals surface area (Å²) in [4.78, 5) is 19.7. The van der Waals surface area contributed by atoms with Gasteiger partial charge in [-0.3, -0.25) is 4.79 Å². The molecule has 7 heteroatoms. The van der Waals surface area contributed by atoms with Crippen LogP contribution in [0.4, 0.5) is 11.6 Å². The number of aromatic nitrogens is 2. The van der Waals surface area contributed by atoms with Crippen molar-refractivity contribution < 1.29 is 4.79 Å². The lowest BCUT2D eigenvalue weighted by molar-refractivity contribution is -0.122. The molecule has 1 aromatic rings. The van der Waals surface area contributed by atoms with Gasteiger partial charge in [-0.05, 0) is 27.7 Å². The Bertz CT molecular complexity index is 440. The lowest BCUT2D eigenvalue weighted by Gasteiger charge is -2.20. The molecule has 19 heavy (non-hydrogen) atoms. The van der Waals surface area contributed by atoms with Crippen LogP contribution in [0.25, 0.3) is 0 Å². The number of amides is 1. The van der Waals surface area contributed by atoms with Gasteiger partial charge in [0.15, 0.2) is 0 Å². The van der Waals surface area contributed by atoms with Crippen LogP contribution in [-0.2, 0) is 4.79 Å². The molecule has 0 spiro atoms. The second-order valence-corrected chi connectivity index (χ2v) is 5.32. The number of carbonyl (C=O) groups excluding carboxylic acids is 1. The molecule has 106 valence electrons. The van der Waals surface area contributed by atoms with Crippen molar-refractivity contribution in [3.8, 4) is 0 Å². The van der Waals surface area contributed by atoms with Gasteiger partial charge >= 0.3 is 0 Å². The zero-order valence-electron chi connectivity index (χ0n) is 11.9. The fourth-order valence-electron chi connectivity index (χ4n) is 1.55.